The smallest absolute Gasteiger partial charge is 0.0795 e. The highest BCUT2D eigenvalue weighted by Gasteiger charge is 2.08. The van der Waals surface area contributed by atoms with Gasteiger partial charge < -0.3 is 5.32 Å². The van der Waals surface area contributed by atoms with Crippen molar-refractivity contribution >= 4 is 48.9 Å². The van der Waals surface area contributed by atoms with Crippen LogP contribution in [0.3, 0.4) is 0 Å². The molecule has 1 heterocycles. The number of benzene rings is 1. The molecule has 1 atom stereocenters. The molecular weight excluding hydrogens is 352 g/mol. The van der Waals surface area contributed by atoms with E-state index in [1.54, 1.807) is 11.3 Å². The fraction of sp³-hybridized carbons (Fsp3) is 0.182. The minimum Gasteiger partial charge on any atom is -0.377 e. The summed E-state index contributed by atoms with van der Waals surface area (Å²) in [5.41, 5.74) is 2.94. The second kappa shape index (κ2) is 5.29. The Labute approximate surface area is 115 Å². The Morgan fingerprint density at radius 1 is 1.38 bits per heavy atom. The van der Waals surface area contributed by atoms with Crippen LogP contribution in [0, 0.1) is 0 Å². The first kappa shape index (κ1) is 12.1. The number of hydrogen-bond acceptors (Lipinski definition) is 3. The fourth-order valence-corrected chi connectivity index (χ4v) is 3.14. The van der Waals surface area contributed by atoms with Crippen LogP contribution in [0.5, 0.6) is 0 Å². The van der Waals surface area contributed by atoms with Crippen LogP contribution in [0.25, 0.3) is 0 Å². The summed E-state index contributed by atoms with van der Waals surface area (Å²) in [6.07, 6.45) is 1.90. The number of anilines is 1. The van der Waals surface area contributed by atoms with E-state index in [0.29, 0.717) is 0 Å². The van der Waals surface area contributed by atoms with Crippen molar-refractivity contribution in [1.29, 1.82) is 0 Å². The molecule has 0 amide bonds. The quantitative estimate of drug-likeness (QED) is 0.845. The van der Waals surface area contributed by atoms with Crippen LogP contribution in [0.15, 0.2) is 38.9 Å². The average molecular weight is 362 g/mol. The largest absolute Gasteiger partial charge is 0.377 e. The zero-order chi connectivity index (χ0) is 11.5. The lowest BCUT2D eigenvalue weighted by Gasteiger charge is -2.14. The lowest BCUT2D eigenvalue weighted by molar-refractivity contribution is 0.902. The first-order chi connectivity index (χ1) is 7.66. The molecule has 2 rings (SSSR count). The van der Waals surface area contributed by atoms with E-state index in [4.69, 9.17) is 0 Å². The first-order valence-electron chi connectivity index (χ1n) is 4.77. The van der Waals surface area contributed by atoms with Crippen LogP contribution < -0.4 is 5.32 Å². The summed E-state index contributed by atoms with van der Waals surface area (Å²) < 4.78 is 2.12. The number of nitrogens with zero attached hydrogens (tertiary/aromatic N) is 1. The average Bonchev–Trinajstić information content (AvgIpc) is 2.75. The van der Waals surface area contributed by atoms with E-state index in [9.17, 15) is 0 Å². The van der Waals surface area contributed by atoms with Crippen LogP contribution in [-0.4, -0.2) is 4.98 Å². The standard InChI is InChI=1S/C11H10Br2N2S/c1-7(11-5-14-6-16-11)15-10-3-2-8(12)4-9(10)13/h2-7,15H,1H3. The molecule has 0 fully saturated rings. The number of nitrogens with one attached hydrogen (secondary N) is 1. The topological polar surface area (TPSA) is 24.9 Å². The van der Waals surface area contributed by atoms with Crippen molar-refractivity contribution in [2.75, 3.05) is 5.32 Å². The molecule has 16 heavy (non-hydrogen) atoms. The van der Waals surface area contributed by atoms with Gasteiger partial charge in [0, 0.05) is 25.7 Å². The van der Waals surface area contributed by atoms with Crippen LogP contribution in [0.1, 0.15) is 17.8 Å². The molecule has 1 N–H and O–H groups in total. The third kappa shape index (κ3) is 2.84. The SMILES string of the molecule is CC(Nc1ccc(Br)cc1Br)c1cncs1. The molecule has 0 radical (unpaired) electrons. The minimum absolute atomic E-state index is 0.268. The van der Waals surface area contributed by atoms with E-state index in [2.05, 4.69) is 49.1 Å². The summed E-state index contributed by atoms with van der Waals surface area (Å²) in [7, 11) is 0. The van der Waals surface area contributed by atoms with E-state index in [1.807, 2.05) is 29.9 Å². The molecule has 0 saturated carbocycles. The molecule has 0 aliphatic heterocycles. The summed E-state index contributed by atoms with van der Waals surface area (Å²) in [6, 6.07) is 6.37. The van der Waals surface area contributed by atoms with Gasteiger partial charge in [0.25, 0.3) is 0 Å². The van der Waals surface area contributed by atoms with E-state index in [-0.39, 0.29) is 6.04 Å². The van der Waals surface area contributed by atoms with Crippen molar-refractivity contribution in [2.24, 2.45) is 0 Å². The Morgan fingerprint density at radius 3 is 2.81 bits per heavy atom. The second-order valence-electron chi connectivity index (χ2n) is 3.39. The monoisotopic (exact) mass is 360 g/mol. The lowest BCUT2D eigenvalue weighted by Crippen LogP contribution is -2.05. The lowest BCUT2D eigenvalue weighted by atomic mass is 10.2. The van der Waals surface area contributed by atoms with Gasteiger partial charge in [-0.1, -0.05) is 15.9 Å². The molecule has 5 heteroatoms. The highest BCUT2D eigenvalue weighted by atomic mass is 79.9. The van der Waals surface area contributed by atoms with Gasteiger partial charge in [-0.3, -0.25) is 4.98 Å². The molecule has 2 aromatic rings. The van der Waals surface area contributed by atoms with Crippen molar-refractivity contribution in [3.05, 3.63) is 43.7 Å². The third-order valence-electron chi connectivity index (χ3n) is 2.18. The van der Waals surface area contributed by atoms with E-state index >= 15 is 0 Å². The maximum Gasteiger partial charge on any atom is 0.0795 e. The van der Waals surface area contributed by atoms with E-state index in [0.717, 1.165) is 14.6 Å². The molecule has 0 aliphatic rings. The summed E-state index contributed by atoms with van der Waals surface area (Å²) in [4.78, 5) is 5.31. The number of rotatable bonds is 3. The molecule has 0 aliphatic carbocycles. The van der Waals surface area contributed by atoms with Crippen LogP contribution in [0.2, 0.25) is 0 Å². The second-order valence-corrected chi connectivity index (χ2v) is 6.08. The highest BCUT2D eigenvalue weighted by Crippen LogP contribution is 2.29. The van der Waals surface area contributed by atoms with Gasteiger partial charge in [-0.15, -0.1) is 11.3 Å². The summed E-state index contributed by atoms with van der Waals surface area (Å²) in [5, 5.41) is 3.44. The van der Waals surface area contributed by atoms with Gasteiger partial charge in [0.2, 0.25) is 0 Å². The first-order valence-corrected chi connectivity index (χ1v) is 7.23. The summed E-state index contributed by atoms with van der Waals surface area (Å²) in [5.74, 6) is 0. The molecule has 2 nitrogen and oxygen atoms in total. The number of thiazole rings is 1. The Balaban J connectivity index is 2.15. The Morgan fingerprint density at radius 2 is 2.19 bits per heavy atom. The van der Waals surface area contributed by atoms with Crippen LogP contribution >= 0.6 is 43.2 Å². The zero-order valence-corrected chi connectivity index (χ0v) is 12.6. The van der Waals surface area contributed by atoms with Gasteiger partial charge in [-0.2, -0.15) is 0 Å². The van der Waals surface area contributed by atoms with Gasteiger partial charge in [0.1, 0.15) is 0 Å². The Kier molecular flexibility index (Phi) is 4.00. The van der Waals surface area contributed by atoms with Crippen molar-refractivity contribution in [2.45, 2.75) is 13.0 Å². The molecular formula is C11H10Br2N2S. The zero-order valence-electron chi connectivity index (χ0n) is 8.58. The van der Waals surface area contributed by atoms with Gasteiger partial charge in [-0.25, -0.2) is 0 Å². The maximum atomic E-state index is 4.08. The number of aromatic nitrogens is 1. The van der Waals surface area contributed by atoms with Gasteiger partial charge in [-0.05, 0) is 41.1 Å². The van der Waals surface area contributed by atoms with Crippen molar-refractivity contribution in [3.63, 3.8) is 0 Å². The summed E-state index contributed by atoms with van der Waals surface area (Å²) >= 11 is 8.63. The predicted octanol–water partition coefficient (Wildman–Crippen LogP) is 4.84. The van der Waals surface area contributed by atoms with Crippen molar-refractivity contribution < 1.29 is 0 Å². The fourth-order valence-electron chi connectivity index (χ4n) is 1.35. The molecule has 0 spiro atoms. The van der Waals surface area contributed by atoms with E-state index < -0.39 is 0 Å². The molecule has 1 aromatic carbocycles. The molecule has 0 bridgehead atoms. The van der Waals surface area contributed by atoms with Crippen molar-refractivity contribution in [1.82, 2.24) is 4.98 Å². The maximum absolute atomic E-state index is 4.08. The summed E-state index contributed by atoms with van der Waals surface area (Å²) in [6.45, 7) is 2.13. The van der Waals surface area contributed by atoms with E-state index in [1.165, 1.54) is 4.88 Å². The minimum atomic E-state index is 0.268. The van der Waals surface area contributed by atoms with Gasteiger partial charge in [0.05, 0.1) is 11.6 Å². The third-order valence-corrected chi connectivity index (χ3v) is 4.29. The molecule has 1 aromatic heterocycles. The molecule has 84 valence electrons. The number of halogens is 2. The predicted molar refractivity (Wildman–Crippen MR) is 76.0 cm³/mol. The highest BCUT2D eigenvalue weighted by molar-refractivity contribution is 9.11. The van der Waals surface area contributed by atoms with Crippen LogP contribution in [0.4, 0.5) is 5.69 Å². The van der Waals surface area contributed by atoms with Gasteiger partial charge in [0.15, 0.2) is 0 Å². The Hall–Kier alpha value is -0.390. The van der Waals surface area contributed by atoms with Crippen molar-refractivity contribution in [3.8, 4) is 0 Å². The number of hydrogen-bond donors (Lipinski definition) is 1. The van der Waals surface area contributed by atoms with Gasteiger partial charge >= 0.3 is 0 Å². The normalized spacial score (nSPS) is 12.4. The Bertz CT molecular complexity index is 471. The van der Waals surface area contributed by atoms with Crippen LogP contribution in [-0.2, 0) is 0 Å². The molecule has 0 saturated heterocycles. The molecule has 1 unspecified atom stereocenters.